The maximum Gasteiger partial charge on any atom is 0.422 e. The van der Waals surface area contributed by atoms with E-state index >= 15 is 0 Å². The highest BCUT2D eigenvalue weighted by Gasteiger charge is 2.28. The van der Waals surface area contributed by atoms with Crippen LogP contribution in [0.4, 0.5) is 30.2 Å². The number of hydrogen-bond acceptors (Lipinski definition) is 6. The largest absolute Gasteiger partial charge is 0.484 e. The first kappa shape index (κ1) is 24.3. The molecule has 1 aliphatic rings. The molecule has 0 saturated carbocycles. The molecule has 1 aromatic heterocycles. The molecule has 0 fully saturated rings. The summed E-state index contributed by atoms with van der Waals surface area (Å²) in [5.74, 6) is -0.856. The number of pyridine rings is 1. The number of alkyl halides is 3. The monoisotopic (exact) mass is 486 g/mol. The second-order valence-electron chi connectivity index (χ2n) is 8.20. The van der Waals surface area contributed by atoms with Crippen LogP contribution in [-0.2, 0) is 6.42 Å². The first-order valence-electron chi connectivity index (χ1n) is 11.0. The van der Waals surface area contributed by atoms with E-state index in [0.29, 0.717) is 12.2 Å². The summed E-state index contributed by atoms with van der Waals surface area (Å²) in [6.07, 6.45) is -0.586. The molecular weight excluding hydrogens is 461 g/mol. The molecule has 0 amide bonds. The molecule has 3 aromatic rings. The van der Waals surface area contributed by atoms with Crippen LogP contribution in [0.25, 0.3) is 0 Å². The zero-order chi connectivity index (χ0) is 25.0. The molecule has 10 heteroatoms. The smallest absolute Gasteiger partial charge is 0.422 e. The third-order valence-corrected chi connectivity index (χ3v) is 5.85. The predicted molar refractivity (Wildman–Crippen MR) is 127 cm³/mol. The van der Waals surface area contributed by atoms with Gasteiger partial charge in [-0.05, 0) is 66.6 Å². The average molecular weight is 486 g/mol. The first-order chi connectivity index (χ1) is 16.7. The standard InChI is InChI=1S/C25H25F3N4O3/c1-32(17-2-5-19(6-3-17)35-15-25(26,27)28)18-4-7-20-16(12-18)8-11-30-23(20)14-31-22-13-29-10-9-21(22)24(33)34/h2-7,9-10,12-13,23,30-31H,8,11,14-15H2,1H3,(H,33,34)/t23-/m0/s1. The number of rotatable bonds is 8. The number of carboxylic acids is 1. The van der Waals surface area contributed by atoms with E-state index in [1.165, 1.54) is 36.2 Å². The van der Waals surface area contributed by atoms with Crippen LogP contribution >= 0.6 is 0 Å². The lowest BCUT2D eigenvalue weighted by molar-refractivity contribution is -0.153. The van der Waals surface area contributed by atoms with Gasteiger partial charge in [-0.2, -0.15) is 13.2 Å². The Morgan fingerprint density at radius 1 is 1.20 bits per heavy atom. The highest BCUT2D eigenvalue weighted by Crippen LogP contribution is 2.31. The highest BCUT2D eigenvalue weighted by molar-refractivity contribution is 5.93. The summed E-state index contributed by atoms with van der Waals surface area (Å²) in [5, 5.41) is 16.0. The molecule has 35 heavy (non-hydrogen) atoms. The van der Waals surface area contributed by atoms with Gasteiger partial charge in [-0.15, -0.1) is 0 Å². The van der Waals surface area contributed by atoms with E-state index in [2.05, 4.69) is 21.7 Å². The fourth-order valence-electron chi connectivity index (χ4n) is 4.04. The number of benzene rings is 2. The van der Waals surface area contributed by atoms with Gasteiger partial charge in [-0.3, -0.25) is 4.98 Å². The van der Waals surface area contributed by atoms with Crippen LogP contribution in [0.5, 0.6) is 5.75 Å². The molecule has 7 nitrogen and oxygen atoms in total. The van der Waals surface area contributed by atoms with Crippen molar-refractivity contribution in [2.24, 2.45) is 0 Å². The summed E-state index contributed by atoms with van der Waals surface area (Å²) in [4.78, 5) is 17.4. The fourth-order valence-corrected chi connectivity index (χ4v) is 4.04. The molecule has 3 N–H and O–H groups in total. The minimum Gasteiger partial charge on any atom is -0.484 e. The van der Waals surface area contributed by atoms with E-state index in [9.17, 15) is 23.1 Å². The average Bonchev–Trinajstić information content (AvgIpc) is 2.85. The minimum absolute atomic E-state index is 0.00924. The molecule has 0 saturated heterocycles. The lowest BCUT2D eigenvalue weighted by Gasteiger charge is -2.29. The van der Waals surface area contributed by atoms with E-state index in [0.717, 1.165) is 29.9 Å². The van der Waals surface area contributed by atoms with Gasteiger partial charge < -0.3 is 25.4 Å². The van der Waals surface area contributed by atoms with Crippen molar-refractivity contribution >= 4 is 23.0 Å². The summed E-state index contributed by atoms with van der Waals surface area (Å²) < 4.78 is 41.8. The van der Waals surface area contributed by atoms with Crippen molar-refractivity contribution < 1.29 is 27.8 Å². The lowest BCUT2D eigenvalue weighted by Crippen LogP contribution is -2.34. The van der Waals surface area contributed by atoms with Crippen LogP contribution in [0.2, 0.25) is 0 Å². The number of fused-ring (bicyclic) bond motifs is 1. The molecule has 1 aliphatic heterocycles. The third kappa shape index (κ3) is 6.02. The van der Waals surface area contributed by atoms with E-state index in [1.807, 2.05) is 24.1 Å². The van der Waals surface area contributed by atoms with Gasteiger partial charge >= 0.3 is 12.1 Å². The number of carbonyl (C=O) groups is 1. The number of anilines is 3. The molecule has 184 valence electrons. The van der Waals surface area contributed by atoms with Crippen LogP contribution in [-0.4, -0.2) is 49.0 Å². The van der Waals surface area contributed by atoms with Crippen LogP contribution in [0.1, 0.15) is 27.5 Å². The van der Waals surface area contributed by atoms with Crippen molar-refractivity contribution in [2.45, 2.75) is 18.6 Å². The Kier molecular flexibility index (Phi) is 7.11. The van der Waals surface area contributed by atoms with Crippen LogP contribution < -0.4 is 20.3 Å². The quantitative estimate of drug-likeness (QED) is 0.422. The second-order valence-corrected chi connectivity index (χ2v) is 8.20. The van der Waals surface area contributed by atoms with Crippen LogP contribution in [0.3, 0.4) is 0 Å². The zero-order valence-electron chi connectivity index (χ0n) is 19.0. The lowest BCUT2D eigenvalue weighted by atomic mass is 9.93. The number of ether oxygens (including phenoxy) is 1. The third-order valence-electron chi connectivity index (χ3n) is 5.85. The van der Waals surface area contributed by atoms with E-state index in [1.54, 1.807) is 12.1 Å². The molecule has 4 rings (SSSR count). The van der Waals surface area contributed by atoms with E-state index in [4.69, 9.17) is 4.74 Å². The van der Waals surface area contributed by atoms with Crippen molar-refractivity contribution in [3.8, 4) is 5.75 Å². The Morgan fingerprint density at radius 3 is 2.66 bits per heavy atom. The van der Waals surface area contributed by atoms with E-state index in [-0.39, 0.29) is 17.4 Å². The second kappa shape index (κ2) is 10.2. The van der Waals surface area contributed by atoms with Gasteiger partial charge in [-0.1, -0.05) is 6.07 Å². The number of aromatic nitrogens is 1. The van der Waals surface area contributed by atoms with Crippen molar-refractivity contribution in [1.29, 1.82) is 0 Å². The van der Waals surface area contributed by atoms with Gasteiger partial charge in [0.25, 0.3) is 0 Å². The Hall–Kier alpha value is -3.79. The Morgan fingerprint density at radius 2 is 1.94 bits per heavy atom. The number of nitrogens with zero attached hydrogens (tertiary/aromatic N) is 2. The summed E-state index contributed by atoms with van der Waals surface area (Å²) >= 11 is 0. The van der Waals surface area contributed by atoms with Crippen LogP contribution in [0, 0.1) is 0 Å². The Bertz CT molecular complexity index is 1190. The minimum atomic E-state index is -4.38. The van der Waals surface area contributed by atoms with Gasteiger partial charge in [0.05, 0.1) is 17.4 Å². The number of hydrogen-bond donors (Lipinski definition) is 3. The van der Waals surface area contributed by atoms with Gasteiger partial charge in [0, 0.05) is 37.2 Å². The molecule has 0 aliphatic carbocycles. The molecule has 0 radical (unpaired) electrons. The van der Waals surface area contributed by atoms with E-state index < -0.39 is 18.8 Å². The number of halogens is 3. The molecule has 0 unspecified atom stereocenters. The van der Waals surface area contributed by atoms with Gasteiger partial charge in [0.15, 0.2) is 6.61 Å². The van der Waals surface area contributed by atoms with Crippen molar-refractivity contribution in [1.82, 2.24) is 10.3 Å². The fraction of sp³-hybridized carbons (Fsp3) is 0.280. The molecule has 0 bridgehead atoms. The summed E-state index contributed by atoms with van der Waals surface area (Å²) in [6, 6.07) is 14.1. The zero-order valence-corrected chi connectivity index (χ0v) is 19.0. The molecule has 0 spiro atoms. The maximum absolute atomic E-state index is 12.4. The normalized spacial score (nSPS) is 15.3. The maximum atomic E-state index is 12.4. The SMILES string of the molecule is CN(c1ccc(OCC(F)(F)F)cc1)c1ccc2c(c1)CCN[C@H]2CNc1cnccc1C(=O)O. The highest BCUT2D eigenvalue weighted by atomic mass is 19.4. The Balaban J connectivity index is 1.45. The van der Waals surface area contributed by atoms with Crippen LogP contribution in [0.15, 0.2) is 60.9 Å². The topological polar surface area (TPSA) is 86.7 Å². The van der Waals surface area contributed by atoms with Crippen molar-refractivity contribution in [3.63, 3.8) is 0 Å². The summed E-state index contributed by atoms with van der Waals surface area (Å²) in [5.41, 5.74) is 4.69. The molecule has 1 atom stereocenters. The van der Waals surface area contributed by atoms with Gasteiger partial charge in [-0.25, -0.2) is 4.79 Å². The number of nitrogens with one attached hydrogen (secondary N) is 2. The number of carboxylic acid groups (broad SMARTS) is 1. The predicted octanol–water partition coefficient (Wildman–Crippen LogP) is 4.79. The Labute approximate surface area is 200 Å². The van der Waals surface area contributed by atoms with Gasteiger partial charge in [0.2, 0.25) is 0 Å². The molecule has 2 aromatic carbocycles. The summed E-state index contributed by atoms with van der Waals surface area (Å²) in [7, 11) is 1.89. The summed E-state index contributed by atoms with van der Waals surface area (Å²) in [6.45, 7) is -0.0560. The van der Waals surface area contributed by atoms with Crippen molar-refractivity contribution in [2.75, 3.05) is 37.0 Å². The van der Waals surface area contributed by atoms with Gasteiger partial charge in [0.1, 0.15) is 5.75 Å². The molecule has 2 heterocycles. The molecular formula is C25H25F3N4O3. The van der Waals surface area contributed by atoms with Crippen molar-refractivity contribution in [3.05, 3.63) is 77.6 Å². The first-order valence-corrected chi connectivity index (χ1v) is 11.0. The number of aromatic carboxylic acids is 1.